The van der Waals surface area contributed by atoms with E-state index < -0.39 is 10.0 Å². The molecule has 4 rings (SSSR count). The highest BCUT2D eigenvalue weighted by Crippen LogP contribution is 2.38. The van der Waals surface area contributed by atoms with Crippen LogP contribution in [0.5, 0.6) is 0 Å². The van der Waals surface area contributed by atoms with Gasteiger partial charge in [-0.05, 0) is 56.9 Å². The Hall–Kier alpha value is -2.18. The number of amides is 1. The first-order valence-electron chi connectivity index (χ1n) is 9.91. The summed E-state index contributed by atoms with van der Waals surface area (Å²) >= 11 is 0. The lowest BCUT2D eigenvalue weighted by Crippen LogP contribution is -2.58. The van der Waals surface area contributed by atoms with Crippen LogP contribution in [0.25, 0.3) is 0 Å². The molecule has 0 saturated carbocycles. The Kier molecular flexibility index (Phi) is 5.25. The number of hydrogen-bond donors (Lipinski definition) is 1. The molecule has 0 radical (unpaired) electrons. The predicted molar refractivity (Wildman–Crippen MR) is 109 cm³/mol. The minimum absolute atomic E-state index is 0.00513. The summed E-state index contributed by atoms with van der Waals surface area (Å²) in [5, 5.41) is 3.14. The van der Waals surface area contributed by atoms with Crippen LogP contribution in [0.3, 0.4) is 0 Å². The Balaban J connectivity index is 1.52. The van der Waals surface area contributed by atoms with Gasteiger partial charge in [0.15, 0.2) is 0 Å². The first-order valence-corrected chi connectivity index (χ1v) is 11.4. The fourth-order valence-electron chi connectivity index (χ4n) is 4.62. The number of nitrogens with one attached hydrogen (secondary N) is 1. The van der Waals surface area contributed by atoms with E-state index in [4.69, 9.17) is 0 Å². The van der Waals surface area contributed by atoms with Gasteiger partial charge in [0, 0.05) is 23.7 Å². The van der Waals surface area contributed by atoms with Crippen molar-refractivity contribution >= 4 is 15.9 Å². The van der Waals surface area contributed by atoms with Crippen molar-refractivity contribution in [2.45, 2.75) is 62.0 Å². The second-order valence-electron chi connectivity index (χ2n) is 7.90. The number of fused-ring (bicyclic) bond motifs is 2. The molecule has 2 aromatic carbocycles. The van der Waals surface area contributed by atoms with Crippen molar-refractivity contribution in [3.8, 4) is 0 Å². The lowest BCUT2D eigenvalue weighted by molar-refractivity contribution is 0.0796. The molecule has 28 heavy (non-hydrogen) atoms. The molecule has 6 heteroatoms. The number of aryl methyl sites for hydroxylation is 1. The summed E-state index contributed by atoms with van der Waals surface area (Å²) in [6.07, 6.45) is 4.06. The van der Waals surface area contributed by atoms with Crippen LogP contribution in [0, 0.1) is 6.92 Å². The molecular formula is C22H26N2O3S. The van der Waals surface area contributed by atoms with Gasteiger partial charge in [-0.1, -0.05) is 42.3 Å². The molecule has 3 atom stereocenters. The van der Waals surface area contributed by atoms with Crippen molar-refractivity contribution in [1.82, 2.24) is 9.62 Å². The molecule has 0 aromatic heterocycles. The molecule has 1 unspecified atom stereocenters. The van der Waals surface area contributed by atoms with Crippen molar-refractivity contribution in [2.24, 2.45) is 0 Å². The van der Waals surface area contributed by atoms with Crippen LogP contribution in [0.1, 0.15) is 48.0 Å². The number of carbonyl (C=O) groups is 1. The van der Waals surface area contributed by atoms with Crippen LogP contribution in [-0.2, 0) is 10.0 Å². The first kappa shape index (κ1) is 19.2. The van der Waals surface area contributed by atoms with Gasteiger partial charge in [-0.25, -0.2) is 8.42 Å². The molecular weight excluding hydrogens is 372 g/mol. The van der Waals surface area contributed by atoms with E-state index in [0.29, 0.717) is 23.3 Å². The minimum Gasteiger partial charge on any atom is -0.349 e. The summed E-state index contributed by atoms with van der Waals surface area (Å²) in [6, 6.07) is 16.1. The van der Waals surface area contributed by atoms with E-state index in [0.717, 1.165) is 24.8 Å². The van der Waals surface area contributed by atoms with Crippen LogP contribution in [0.15, 0.2) is 59.5 Å². The van der Waals surface area contributed by atoms with Gasteiger partial charge in [-0.15, -0.1) is 0 Å². The van der Waals surface area contributed by atoms with Gasteiger partial charge in [-0.3, -0.25) is 4.79 Å². The maximum Gasteiger partial charge on any atom is 0.251 e. The quantitative estimate of drug-likeness (QED) is 0.857. The van der Waals surface area contributed by atoms with E-state index in [-0.39, 0.29) is 24.0 Å². The molecule has 2 heterocycles. The van der Waals surface area contributed by atoms with Crippen molar-refractivity contribution in [3.05, 3.63) is 65.7 Å². The Morgan fingerprint density at radius 1 is 1.00 bits per heavy atom. The Morgan fingerprint density at radius 2 is 1.68 bits per heavy atom. The third-order valence-electron chi connectivity index (χ3n) is 5.84. The molecule has 2 fully saturated rings. The largest absolute Gasteiger partial charge is 0.349 e. The normalized spacial score (nSPS) is 25.2. The molecule has 1 N–H and O–H groups in total. The molecule has 2 aliphatic rings. The predicted octanol–water partition coefficient (Wildman–Crippen LogP) is 3.50. The summed E-state index contributed by atoms with van der Waals surface area (Å²) in [4.78, 5) is 13.0. The van der Waals surface area contributed by atoms with Gasteiger partial charge >= 0.3 is 0 Å². The maximum absolute atomic E-state index is 13.2. The topological polar surface area (TPSA) is 66.5 Å². The summed E-state index contributed by atoms with van der Waals surface area (Å²) in [5.41, 5.74) is 1.71. The second-order valence-corrected chi connectivity index (χ2v) is 9.74. The molecule has 2 aliphatic heterocycles. The third kappa shape index (κ3) is 3.71. The Bertz CT molecular complexity index is 945. The fourth-order valence-corrected chi connectivity index (χ4v) is 6.53. The number of nitrogens with zero attached hydrogens (tertiary/aromatic N) is 1. The summed E-state index contributed by atoms with van der Waals surface area (Å²) in [5.74, 6) is -0.0776. The SMILES string of the molecule is Cc1cccc(C(=O)NC2C[C@H]3CCC[C@@H](C2)N3S(=O)(=O)c2ccccc2)c1. The number of benzene rings is 2. The Labute approximate surface area is 166 Å². The molecule has 0 aliphatic carbocycles. The number of sulfonamides is 1. The molecule has 1 amide bonds. The van der Waals surface area contributed by atoms with E-state index in [1.54, 1.807) is 28.6 Å². The van der Waals surface area contributed by atoms with Gasteiger partial charge in [0.25, 0.3) is 5.91 Å². The monoisotopic (exact) mass is 398 g/mol. The Morgan fingerprint density at radius 3 is 2.32 bits per heavy atom. The van der Waals surface area contributed by atoms with E-state index in [1.807, 2.05) is 37.3 Å². The molecule has 2 bridgehead atoms. The number of hydrogen-bond acceptors (Lipinski definition) is 3. The summed E-state index contributed by atoms with van der Waals surface area (Å²) < 4.78 is 28.2. The highest BCUT2D eigenvalue weighted by molar-refractivity contribution is 7.89. The maximum atomic E-state index is 13.2. The van der Waals surface area contributed by atoms with Crippen LogP contribution >= 0.6 is 0 Å². The molecule has 5 nitrogen and oxygen atoms in total. The lowest BCUT2D eigenvalue weighted by Gasteiger charge is -2.47. The van der Waals surface area contributed by atoms with Gasteiger partial charge in [0.2, 0.25) is 10.0 Å². The average Bonchev–Trinajstić information content (AvgIpc) is 2.68. The third-order valence-corrected chi connectivity index (χ3v) is 7.86. The first-order chi connectivity index (χ1) is 13.4. The summed E-state index contributed by atoms with van der Waals surface area (Å²) in [6.45, 7) is 1.97. The van der Waals surface area contributed by atoms with E-state index in [1.165, 1.54) is 0 Å². The fraction of sp³-hybridized carbons (Fsp3) is 0.409. The van der Waals surface area contributed by atoms with Crippen LogP contribution in [0.2, 0.25) is 0 Å². The molecule has 0 spiro atoms. The lowest BCUT2D eigenvalue weighted by atomic mass is 9.84. The molecule has 148 valence electrons. The number of rotatable bonds is 4. The van der Waals surface area contributed by atoms with Crippen molar-refractivity contribution in [2.75, 3.05) is 0 Å². The van der Waals surface area contributed by atoms with Crippen LogP contribution < -0.4 is 5.32 Å². The van der Waals surface area contributed by atoms with Crippen LogP contribution in [0.4, 0.5) is 0 Å². The zero-order chi connectivity index (χ0) is 19.7. The van der Waals surface area contributed by atoms with Crippen LogP contribution in [-0.4, -0.2) is 36.8 Å². The van der Waals surface area contributed by atoms with Gasteiger partial charge in [-0.2, -0.15) is 4.31 Å². The molecule has 2 saturated heterocycles. The van der Waals surface area contributed by atoms with Crippen molar-refractivity contribution in [3.63, 3.8) is 0 Å². The average molecular weight is 399 g/mol. The van der Waals surface area contributed by atoms with E-state index >= 15 is 0 Å². The standard InChI is InChI=1S/C22H26N2O3S/c1-16-7-5-8-17(13-16)22(25)23-18-14-19-9-6-10-20(15-18)24(19)28(26,27)21-11-3-2-4-12-21/h2-5,7-8,11-13,18-20H,6,9-10,14-15H2,1H3,(H,23,25)/t18?,19-,20+. The van der Waals surface area contributed by atoms with E-state index in [2.05, 4.69) is 5.32 Å². The highest BCUT2D eigenvalue weighted by Gasteiger charge is 2.45. The van der Waals surface area contributed by atoms with Crippen molar-refractivity contribution < 1.29 is 13.2 Å². The molecule has 2 aromatic rings. The second kappa shape index (κ2) is 7.68. The number of carbonyl (C=O) groups excluding carboxylic acids is 1. The highest BCUT2D eigenvalue weighted by atomic mass is 32.2. The summed E-state index contributed by atoms with van der Waals surface area (Å²) in [7, 11) is -3.51. The number of piperidine rings is 2. The zero-order valence-corrected chi connectivity index (χ0v) is 16.9. The van der Waals surface area contributed by atoms with Crippen molar-refractivity contribution in [1.29, 1.82) is 0 Å². The van der Waals surface area contributed by atoms with Gasteiger partial charge < -0.3 is 5.32 Å². The van der Waals surface area contributed by atoms with E-state index in [9.17, 15) is 13.2 Å². The van der Waals surface area contributed by atoms with Gasteiger partial charge in [0.1, 0.15) is 0 Å². The minimum atomic E-state index is -3.51. The van der Waals surface area contributed by atoms with Gasteiger partial charge in [0.05, 0.1) is 4.90 Å². The zero-order valence-electron chi connectivity index (χ0n) is 16.0. The smallest absolute Gasteiger partial charge is 0.251 e.